The highest BCUT2D eigenvalue weighted by atomic mass is 16.6. The second-order valence-electron chi connectivity index (χ2n) is 2.32. The van der Waals surface area contributed by atoms with Crippen LogP contribution in [0.15, 0.2) is 35.1 Å². The van der Waals surface area contributed by atoms with Gasteiger partial charge >= 0.3 is 0 Å². The second kappa shape index (κ2) is 1.66. The van der Waals surface area contributed by atoms with Crippen LogP contribution in [-0.2, 0) is 4.79 Å². The average molecular weight is 149 g/mol. The van der Waals surface area contributed by atoms with Crippen LogP contribution in [-0.4, -0.2) is 10.7 Å². The van der Waals surface area contributed by atoms with Gasteiger partial charge in [0, 0.05) is 11.6 Å². The Morgan fingerprint density at radius 2 is 2.09 bits per heavy atom. The summed E-state index contributed by atoms with van der Waals surface area (Å²) in [7, 11) is 0. The number of rotatable bonds is 1. The molecule has 2 aliphatic rings. The molecule has 0 aromatic rings. The molecule has 0 amide bonds. The van der Waals surface area contributed by atoms with E-state index in [4.69, 9.17) is 0 Å². The topological polar surface area (TPSA) is 60.2 Å². The minimum atomic E-state index is -0.538. The Balaban J connectivity index is 2.62. The van der Waals surface area contributed by atoms with Gasteiger partial charge in [-0.25, -0.2) is 0 Å². The third-order valence-electron chi connectivity index (χ3n) is 1.70. The lowest BCUT2D eigenvalue weighted by Crippen LogP contribution is -1.98. The molecule has 0 saturated heterocycles. The summed E-state index contributed by atoms with van der Waals surface area (Å²) in [5, 5.41) is 10.3. The Morgan fingerprint density at radius 3 is 2.36 bits per heavy atom. The van der Waals surface area contributed by atoms with E-state index in [0.29, 0.717) is 5.57 Å². The smallest absolute Gasteiger partial charge is 0.281 e. The van der Waals surface area contributed by atoms with E-state index >= 15 is 0 Å². The molecule has 0 spiro atoms. The van der Waals surface area contributed by atoms with Gasteiger partial charge in [-0.05, 0) is 12.2 Å². The molecule has 0 saturated carbocycles. The number of nitro groups is 1. The van der Waals surface area contributed by atoms with E-state index in [1.165, 1.54) is 12.2 Å². The molecular weight excluding hydrogens is 146 g/mol. The van der Waals surface area contributed by atoms with Gasteiger partial charge in [-0.3, -0.25) is 14.9 Å². The monoisotopic (exact) mass is 149 g/mol. The SMILES string of the molecule is O=C1C2=CC([N+](=O)[O-])=C1C=C2. The first kappa shape index (κ1) is 6.03. The summed E-state index contributed by atoms with van der Waals surface area (Å²) < 4.78 is 0. The van der Waals surface area contributed by atoms with Crippen LogP contribution in [0.3, 0.4) is 0 Å². The molecule has 0 aromatic carbocycles. The van der Waals surface area contributed by atoms with Crippen LogP contribution in [0.2, 0.25) is 0 Å². The fourth-order valence-corrected chi connectivity index (χ4v) is 1.17. The van der Waals surface area contributed by atoms with Gasteiger partial charge in [0.15, 0.2) is 5.78 Å². The van der Waals surface area contributed by atoms with Crippen LogP contribution in [0.4, 0.5) is 0 Å². The van der Waals surface area contributed by atoms with Gasteiger partial charge in [0.1, 0.15) is 5.57 Å². The molecule has 0 aliphatic heterocycles. The summed E-state index contributed by atoms with van der Waals surface area (Å²) in [6.45, 7) is 0. The van der Waals surface area contributed by atoms with Crippen molar-refractivity contribution in [2.24, 2.45) is 0 Å². The summed E-state index contributed by atoms with van der Waals surface area (Å²) in [6.07, 6.45) is 4.37. The molecule has 11 heavy (non-hydrogen) atoms. The molecule has 0 heterocycles. The van der Waals surface area contributed by atoms with E-state index in [-0.39, 0.29) is 17.1 Å². The summed E-state index contributed by atoms with van der Waals surface area (Å²) in [4.78, 5) is 20.7. The lowest BCUT2D eigenvalue weighted by atomic mass is 10.2. The summed E-state index contributed by atoms with van der Waals surface area (Å²) in [6, 6.07) is 0. The minimum Gasteiger partial charge on any atom is -0.288 e. The van der Waals surface area contributed by atoms with Gasteiger partial charge in [0.25, 0.3) is 5.70 Å². The van der Waals surface area contributed by atoms with E-state index in [2.05, 4.69) is 0 Å². The first-order chi connectivity index (χ1) is 5.20. The number of hydrogen-bond acceptors (Lipinski definition) is 3. The lowest BCUT2D eigenvalue weighted by molar-refractivity contribution is -0.419. The minimum absolute atomic E-state index is 0.0764. The number of fused-ring (bicyclic) bond motifs is 2. The van der Waals surface area contributed by atoms with Gasteiger partial charge < -0.3 is 0 Å². The number of hydrogen-bond donors (Lipinski definition) is 0. The van der Waals surface area contributed by atoms with Crippen molar-refractivity contribution in [1.82, 2.24) is 0 Å². The predicted molar refractivity (Wildman–Crippen MR) is 36.3 cm³/mol. The van der Waals surface area contributed by atoms with E-state index < -0.39 is 4.92 Å². The molecule has 2 bridgehead atoms. The van der Waals surface area contributed by atoms with Gasteiger partial charge in [0.05, 0.1) is 4.92 Å². The molecule has 4 nitrogen and oxygen atoms in total. The zero-order chi connectivity index (χ0) is 8.01. The summed E-state index contributed by atoms with van der Waals surface area (Å²) >= 11 is 0. The zero-order valence-corrected chi connectivity index (χ0v) is 5.40. The van der Waals surface area contributed by atoms with Crippen molar-refractivity contribution < 1.29 is 9.72 Å². The normalized spacial score (nSPS) is 19.6. The molecule has 54 valence electrons. The molecule has 0 radical (unpaired) electrons. The number of allylic oxidation sites excluding steroid dienone is 5. The maximum atomic E-state index is 11.0. The summed E-state index contributed by atoms with van der Waals surface area (Å²) in [5.41, 5.74) is 0.559. The van der Waals surface area contributed by atoms with Gasteiger partial charge in [0.2, 0.25) is 0 Å². The molecular formula is C7H3NO3. The van der Waals surface area contributed by atoms with Crippen LogP contribution in [0, 0.1) is 10.1 Å². The molecule has 2 rings (SSSR count). The van der Waals surface area contributed by atoms with Crippen molar-refractivity contribution >= 4 is 5.78 Å². The molecule has 0 N–H and O–H groups in total. The first-order valence-corrected chi connectivity index (χ1v) is 3.03. The number of ketones is 1. The standard InChI is InChI=1S/C7H3NO3/c9-7-4-1-2-5(7)6(3-4)8(10)11/h1-3H. The van der Waals surface area contributed by atoms with Gasteiger partial charge in [-0.15, -0.1) is 0 Å². The van der Waals surface area contributed by atoms with Crippen molar-refractivity contribution in [3.8, 4) is 0 Å². The molecule has 0 aromatic heterocycles. The van der Waals surface area contributed by atoms with Crippen molar-refractivity contribution in [2.45, 2.75) is 0 Å². The van der Waals surface area contributed by atoms with E-state index in [0.717, 1.165) is 0 Å². The predicted octanol–water partition coefficient (Wildman–Crippen LogP) is 0.596. The maximum Gasteiger partial charge on any atom is 0.281 e. The Morgan fingerprint density at radius 1 is 1.36 bits per heavy atom. The summed E-state index contributed by atoms with van der Waals surface area (Å²) in [5.74, 6) is -0.225. The van der Waals surface area contributed by atoms with E-state index in [1.807, 2.05) is 0 Å². The Bertz CT molecular complexity index is 360. The Kier molecular flexibility index (Phi) is 0.910. The van der Waals surface area contributed by atoms with E-state index in [1.54, 1.807) is 6.08 Å². The number of carbonyl (C=O) groups excluding carboxylic acids is 1. The molecule has 0 fully saturated rings. The van der Waals surface area contributed by atoms with Crippen molar-refractivity contribution in [3.05, 3.63) is 45.2 Å². The van der Waals surface area contributed by atoms with Crippen molar-refractivity contribution in [3.63, 3.8) is 0 Å². The van der Waals surface area contributed by atoms with Crippen LogP contribution in [0.5, 0.6) is 0 Å². The van der Waals surface area contributed by atoms with Crippen LogP contribution < -0.4 is 0 Å². The van der Waals surface area contributed by atoms with Crippen molar-refractivity contribution in [2.75, 3.05) is 0 Å². The molecule has 0 unspecified atom stereocenters. The zero-order valence-electron chi connectivity index (χ0n) is 5.40. The molecule has 4 heteroatoms. The first-order valence-electron chi connectivity index (χ1n) is 3.03. The fraction of sp³-hybridized carbons (Fsp3) is 0. The van der Waals surface area contributed by atoms with Crippen molar-refractivity contribution in [1.29, 1.82) is 0 Å². The second-order valence-corrected chi connectivity index (χ2v) is 2.32. The maximum absolute atomic E-state index is 11.0. The van der Waals surface area contributed by atoms with Crippen LogP contribution >= 0.6 is 0 Å². The third kappa shape index (κ3) is 0.605. The van der Waals surface area contributed by atoms with E-state index in [9.17, 15) is 14.9 Å². The number of nitrogens with zero attached hydrogens (tertiary/aromatic N) is 1. The number of Topliss-reactive ketones (excluding diaryl/α,β-unsaturated/α-hetero) is 1. The Labute approximate surface area is 61.7 Å². The molecule has 2 aliphatic carbocycles. The number of carbonyl (C=O) groups is 1. The largest absolute Gasteiger partial charge is 0.288 e. The quantitative estimate of drug-likeness (QED) is 0.405. The lowest BCUT2D eigenvalue weighted by Gasteiger charge is -1.88. The molecule has 0 atom stereocenters. The highest BCUT2D eigenvalue weighted by Crippen LogP contribution is 2.29. The fourth-order valence-electron chi connectivity index (χ4n) is 1.17. The highest BCUT2D eigenvalue weighted by Gasteiger charge is 2.33. The third-order valence-corrected chi connectivity index (χ3v) is 1.70. The van der Waals surface area contributed by atoms with Crippen LogP contribution in [0.1, 0.15) is 0 Å². The van der Waals surface area contributed by atoms with Crippen LogP contribution in [0.25, 0.3) is 0 Å². The highest BCUT2D eigenvalue weighted by molar-refractivity contribution is 6.18. The van der Waals surface area contributed by atoms with Gasteiger partial charge in [-0.2, -0.15) is 0 Å². The van der Waals surface area contributed by atoms with Gasteiger partial charge in [-0.1, -0.05) is 0 Å². The Hall–Kier alpha value is -1.71. The average Bonchev–Trinajstić information content (AvgIpc) is 2.46.